The maximum absolute atomic E-state index is 13.0. The third-order valence-electron chi connectivity index (χ3n) is 4.49. The largest absolute Gasteiger partial charge is 0.493 e. The molecule has 0 aliphatic heterocycles. The summed E-state index contributed by atoms with van der Waals surface area (Å²) >= 11 is 1.36. The molecule has 2 heterocycles. The molecule has 29 heavy (non-hydrogen) atoms. The first-order valence-corrected chi connectivity index (χ1v) is 9.66. The van der Waals surface area contributed by atoms with Crippen LogP contribution in [-0.4, -0.2) is 37.1 Å². The van der Waals surface area contributed by atoms with Crippen LogP contribution in [0.1, 0.15) is 16.1 Å². The fourth-order valence-corrected chi connectivity index (χ4v) is 3.79. The number of methoxy groups -OCH3 is 3. The minimum Gasteiger partial charge on any atom is -0.493 e. The lowest BCUT2D eigenvalue weighted by atomic mass is 10.1. The number of nitrogens with one attached hydrogen (secondary N) is 2. The molecule has 0 unspecified atom stereocenters. The van der Waals surface area contributed by atoms with Gasteiger partial charge in [-0.25, -0.2) is 4.98 Å². The number of ether oxygens (including phenoxy) is 3. The van der Waals surface area contributed by atoms with E-state index in [0.717, 1.165) is 16.6 Å². The molecule has 2 aromatic heterocycles. The van der Waals surface area contributed by atoms with Crippen LogP contribution in [0.15, 0.2) is 48.0 Å². The predicted molar refractivity (Wildman–Crippen MR) is 113 cm³/mol. The van der Waals surface area contributed by atoms with E-state index in [-0.39, 0.29) is 5.78 Å². The highest BCUT2D eigenvalue weighted by molar-refractivity contribution is 7.14. The zero-order valence-electron chi connectivity index (χ0n) is 16.1. The van der Waals surface area contributed by atoms with Crippen LogP contribution in [0.4, 0.5) is 10.8 Å². The molecule has 8 heteroatoms. The zero-order valence-corrected chi connectivity index (χ0v) is 16.9. The van der Waals surface area contributed by atoms with Crippen LogP contribution in [0.3, 0.4) is 0 Å². The van der Waals surface area contributed by atoms with Crippen molar-refractivity contribution in [3.8, 4) is 17.2 Å². The van der Waals surface area contributed by atoms with Gasteiger partial charge in [-0.2, -0.15) is 0 Å². The SMILES string of the molecule is COc1cc(C(=O)c2csc(Nc3c[nH]c4ccccc34)n2)cc(OC)c1OC. The van der Waals surface area contributed by atoms with E-state index in [0.29, 0.717) is 33.6 Å². The molecule has 2 N–H and O–H groups in total. The Bertz CT molecular complexity index is 1160. The van der Waals surface area contributed by atoms with Crippen LogP contribution in [0.25, 0.3) is 10.9 Å². The van der Waals surface area contributed by atoms with Gasteiger partial charge in [0.2, 0.25) is 11.5 Å². The molecule has 7 nitrogen and oxygen atoms in total. The number of aromatic nitrogens is 2. The number of nitrogens with zero attached hydrogens (tertiary/aromatic N) is 1. The van der Waals surface area contributed by atoms with E-state index >= 15 is 0 Å². The number of carbonyl (C=O) groups excluding carboxylic acids is 1. The molecule has 148 valence electrons. The van der Waals surface area contributed by atoms with Gasteiger partial charge < -0.3 is 24.5 Å². The lowest BCUT2D eigenvalue weighted by Crippen LogP contribution is -2.04. The lowest BCUT2D eigenvalue weighted by molar-refractivity contribution is 0.103. The van der Waals surface area contributed by atoms with Crippen molar-refractivity contribution in [2.24, 2.45) is 0 Å². The van der Waals surface area contributed by atoms with Crippen molar-refractivity contribution in [2.75, 3.05) is 26.6 Å². The Morgan fingerprint density at radius 2 is 1.79 bits per heavy atom. The molecule has 4 rings (SSSR count). The van der Waals surface area contributed by atoms with E-state index < -0.39 is 0 Å². The highest BCUT2D eigenvalue weighted by atomic mass is 32.1. The second-order valence-electron chi connectivity index (χ2n) is 6.15. The van der Waals surface area contributed by atoms with E-state index in [1.165, 1.54) is 32.7 Å². The number of fused-ring (bicyclic) bond motifs is 1. The van der Waals surface area contributed by atoms with E-state index in [1.54, 1.807) is 17.5 Å². The van der Waals surface area contributed by atoms with Crippen LogP contribution in [0, 0.1) is 0 Å². The zero-order chi connectivity index (χ0) is 20.4. The molecule has 0 bridgehead atoms. The molecule has 0 spiro atoms. The van der Waals surface area contributed by atoms with Gasteiger partial charge in [-0.15, -0.1) is 11.3 Å². The molecular weight excluding hydrogens is 390 g/mol. The average molecular weight is 409 g/mol. The topological polar surface area (TPSA) is 85.5 Å². The van der Waals surface area contributed by atoms with E-state index in [2.05, 4.69) is 15.3 Å². The highest BCUT2D eigenvalue weighted by Gasteiger charge is 2.20. The van der Waals surface area contributed by atoms with Gasteiger partial charge in [-0.3, -0.25) is 4.79 Å². The minimum atomic E-state index is -0.229. The molecule has 0 aliphatic rings. The minimum absolute atomic E-state index is 0.229. The van der Waals surface area contributed by atoms with Crippen molar-refractivity contribution in [1.82, 2.24) is 9.97 Å². The van der Waals surface area contributed by atoms with Gasteiger partial charge in [0.1, 0.15) is 5.69 Å². The number of thiazole rings is 1. The van der Waals surface area contributed by atoms with Gasteiger partial charge in [-0.05, 0) is 18.2 Å². The third kappa shape index (κ3) is 3.50. The molecule has 0 aliphatic carbocycles. The molecular formula is C21H19N3O4S. The summed E-state index contributed by atoms with van der Waals surface area (Å²) in [6.45, 7) is 0. The summed E-state index contributed by atoms with van der Waals surface area (Å²) in [5.74, 6) is 1.05. The highest BCUT2D eigenvalue weighted by Crippen LogP contribution is 2.39. The number of benzene rings is 2. The number of aromatic amines is 1. The molecule has 0 fully saturated rings. The monoisotopic (exact) mass is 409 g/mol. The van der Waals surface area contributed by atoms with Crippen molar-refractivity contribution in [1.29, 1.82) is 0 Å². The maximum Gasteiger partial charge on any atom is 0.212 e. The maximum atomic E-state index is 13.0. The number of H-pyrrole nitrogens is 1. The molecule has 0 saturated heterocycles. The molecule has 4 aromatic rings. The summed E-state index contributed by atoms with van der Waals surface area (Å²) in [7, 11) is 4.54. The first-order valence-electron chi connectivity index (χ1n) is 8.78. The number of hydrogen-bond acceptors (Lipinski definition) is 7. The molecule has 0 radical (unpaired) electrons. The summed E-state index contributed by atoms with van der Waals surface area (Å²) in [6, 6.07) is 11.2. The Labute approximate surface area is 171 Å². The lowest BCUT2D eigenvalue weighted by Gasteiger charge is -2.13. The van der Waals surface area contributed by atoms with Gasteiger partial charge in [0.05, 0.1) is 27.0 Å². The number of carbonyl (C=O) groups is 1. The fraction of sp³-hybridized carbons (Fsp3) is 0.143. The van der Waals surface area contributed by atoms with Crippen molar-refractivity contribution in [2.45, 2.75) is 0 Å². The summed E-state index contributed by atoms with van der Waals surface area (Å²) in [4.78, 5) is 20.6. The van der Waals surface area contributed by atoms with Crippen LogP contribution in [0.2, 0.25) is 0 Å². The summed E-state index contributed by atoms with van der Waals surface area (Å²) in [6.07, 6.45) is 1.88. The van der Waals surface area contributed by atoms with Crippen molar-refractivity contribution < 1.29 is 19.0 Å². The number of rotatable bonds is 7. The standard InChI is InChI=1S/C21H19N3O4S/c1-26-17-8-12(9-18(27-2)20(17)28-3)19(25)16-11-29-21(24-16)23-15-10-22-14-7-5-4-6-13(14)15/h4-11,22H,1-3H3,(H,23,24). The Balaban J connectivity index is 1.62. The first kappa shape index (κ1) is 18.8. The Kier molecular flexibility index (Phi) is 5.09. The third-order valence-corrected chi connectivity index (χ3v) is 5.25. The van der Waals surface area contributed by atoms with Crippen LogP contribution in [0.5, 0.6) is 17.2 Å². The van der Waals surface area contributed by atoms with Crippen molar-refractivity contribution in [3.63, 3.8) is 0 Å². The quantitative estimate of drug-likeness (QED) is 0.433. The van der Waals surface area contributed by atoms with Crippen LogP contribution >= 0.6 is 11.3 Å². The normalized spacial score (nSPS) is 10.7. The Morgan fingerprint density at radius 3 is 2.48 bits per heavy atom. The predicted octanol–water partition coefficient (Wildman–Crippen LogP) is 4.62. The first-order chi connectivity index (χ1) is 14.1. The number of hydrogen-bond donors (Lipinski definition) is 2. The fourth-order valence-electron chi connectivity index (χ4n) is 3.09. The number of ketones is 1. The molecule has 0 saturated carbocycles. The summed E-state index contributed by atoms with van der Waals surface area (Å²) < 4.78 is 16.0. The van der Waals surface area contributed by atoms with E-state index in [9.17, 15) is 4.79 Å². The van der Waals surface area contributed by atoms with Gasteiger partial charge in [0.25, 0.3) is 0 Å². The number of para-hydroxylation sites is 1. The van der Waals surface area contributed by atoms with Crippen molar-refractivity contribution >= 4 is 38.8 Å². The second kappa shape index (κ2) is 7.84. The van der Waals surface area contributed by atoms with Gasteiger partial charge >= 0.3 is 0 Å². The van der Waals surface area contributed by atoms with Gasteiger partial charge in [0, 0.05) is 28.0 Å². The van der Waals surface area contributed by atoms with Crippen LogP contribution < -0.4 is 19.5 Å². The summed E-state index contributed by atoms with van der Waals surface area (Å²) in [5, 5.41) is 6.68. The van der Waals surface area contributed by atoms with Gasteiger partial charge in [-0.1, -0.05) is 18.2 Å². The molecule has 0 amide bonds. The Hall–Kier alpha value is -3.52. The molecule has 0 atom stereocenters. The van der Waals surface area contributed by atoms with E-state index in [1.807, 2.05) is 30.5 Å². The van der Waals surface area contributed by atoms with Gasteiger partial charge in [0.15, 0.2) is 16.6 Å². The Morgan fingerprint density at radius 1 is 1.07 bits per heavy atom. The van der Waals surface area contributed by atoms with Crippen LogP contribution in [-0.2, 0) is 0 Å². The smallest absolute Gasteiger partial charge is 0.212 e. The van der Waals surface area contributed by atoms with Crippen molar-refractivity contribution in [3.05, 3.63) is 59.2 Å². The second-order valence-corrected chi connectivity index (χ2v) is 7.01. The van der Waals surface area contributed by atoms with E-state index in [4.69, 9.17) is 14.2 Å². The average Bonchev–Trinajstić information content (AvgIpc) is 3.40. The summed E-state index contributed by atoms with van der Waals surface area (Å²) in [5.41, 5.74) is 2.68. The molecule has 2 aromatic carbocycles. The number of anilines is 2.